The highest BCUT2D eigenvalue weighted by molar-refractivity contribution is 5.73. The molecule has 0 aromatic heterocycles. The quantitative estimate of drug-likeness (QED) is 0.597. The summed E-state index contributed by atoms with van der Waals surface area (Å²) in [5.41, 5.74) is 0. The van der Waals surface area contributed by atoms with E-state index in [1.165, 1.54) is 0 Å². The summed E-state index contributed by atoms with van der Waals surface area (Å²) in [4.78, 5) is 12.8. The molecule has 1 atom stereocenters. The number of carbonyl (C=O) groups excluding carboxylic acids is 1. The largest absolute Gasteiger partial charge is 0.394 e. The molecule has 0 saturated carbocycles. The van der Waals surface area contributed by atoms with Crippen molar-refractivity contribution in [2.24, 2.45) is 0 Å². The van der Waals surface area contributed by atoms with Gasteiger partial charge in [-0.1, -0.05) is 0 Å². The van der Waals surface area contributed by atoms with Crippen molar-refractivity contribution in [1.82, 2.24) is 4.90 Å². The Hall–Kier alpha value is -0.570. The molecule has 0 aromatic carbocycles. The fourth-order valence-corrected chi connectivity index (χ4v) is 1.60. The van der Waals surface area contributed by atoms with Crippen molar-refractivity contribution in [3.8, 4) is 0 Å². The number of amides is 1. The van der Waals surface area contributed by atoms with E-state index in [0.29, 0.717) is 0 Å². The molecule has 1 heterocycles. The van der Waals surface area contributed by atoms with Crippen LogP contribution in [0.2, 0.25) is 0 Å². The Morgan fingerprint density at radius 3 is 2.82 bits per heavy atom. The third-order valence-electron chi connectivity index (χ3n) is 2.24. The molecule has 1 aliphatic rings. The molecular formula is C8H15NO2. The normalized spacial score (nSPS) is 25.3. The first-order valence-corrected chi connectivity index (χ1v) is 4.13. The summed E-state index contributed by atoms with van der Waals surface area (Å²) in [7, 11) is 0. The molecule has 1 fully saturated rings. The van der Waals surface area contributed by atoms with Crippen LogP contribution in [0.25, 0.3) is 0 Å². The summed E-state index contributed by atoms with van der Waals surface area (Å²) < 4.78 is 0. The Morgan fingerprint density at radius 1 is 1.64 bits per heavy atom. The van der Waals surface area contributed by atoms with Gasteiger partial charge >= 0.3 is 0 Å². The molecule has 0 aromatic rings. The van der Waals surface area contributed by atoms with Crippen molar-refractivity contribution in [2.75, 3.05) is 13.2 Å². The number of hydrogen-bond donors (Lipinski definition) is 1. The minimum Gasteiger partial charge on any atom is -0.394 e. The van der Waals surface area contributed by atoms with Gasteiger partial charge in [0.15, 0.2) is 0 Å². The highest BCUT2D eigenvalue weighted by Crippen LogP contribution is 2.15. The van der Waals surface area contributed by atoms with Crippen LogP contribution >= 0.6 is 0 Å². The Morgan fingerprint density at radius 2 is 2.36 bits per heavy atom. The summed E-state index contributed by atoms with van der Waals surface area (Å²) >= 11 is 0. The lowest BCUT2D eigenvalue weighted by molar-refractivity contribution is -0.133. The number of hydrogen-bond acceptors (Lipinski definition) is 2. The molecule has 0 radical (unpaired) electrons. The van der Waals surface area contributed by atoms with E-state index in [-0.39, 0.29) is 18.6 Å². The van der Waals surface area contributed by atoms with Crippen LogP contribution in [0.3, 0.4) is 0 Å². The zero-order valence-electron chi connectivity index (χ0n) is 6.92. The Bertz CT molecular complexity index is 147. The fourth-order valence-electron chi connectivity index (χ4n) is 1.60. The van der Waals surface area contributed by atoms with E-state index in [0.717, 1.165) is 25.8 Å². The van der Waals surface area contributed by atoms with Gasteiger partial charge in [-0.05, 0) is 19.3 Å². The lowest BCUT2D eigenvalue weighted by Crippen LogP contribution is -2.44. The van der Waals surface area contributed by atoms with E-state index in [9.17, 15) is 4.79 Å². The summed E-state index contributed by atoms with van der Waals surface area (Å²) in [5.74, 6) is 0.0868. The summed E-state index contributed by atoms with van der Waals surface area (Å²) in [6.07, 6.45) is 3.17. The summed E-state index contributed by atoms with van der Waals surface area (Å²) in [5, 5.41) is 8.92. The third kappa shape index (κ3) is 1.93. The van der Waals surface area contributed by atoms with Gasteiger partial charge in [-0.15, -0.1) is 0 Å². The predicted molar refractivity (Wildman–Crippen MR) is 42.1 cm³/mol. The maximum Gasteiger partial charge on any atom is 0.219 e. The van der Waals surface area contributed by atoms with E-state index in [1.54, 1.807) is 11.8 Å². The van der Waals surface area contributed by atoms with Crippen molar-refractivity contribution >= 4 is 5.91 Å². The van der Waals surface area contributed by atoms with Crippen LogP contribution in [-0.4, -0.2) is 35.1 Å². The first-order chi connectivity index (χ1) is 5.25. The molecule has 0 spiro atoms. The number of nitrogens with zero attached hydrogens (tertiary/aromatic N) is 1. The number of aliphatic hydroxyl groups excluding tert-OH is 1. The molecular weight excluding hydrogens is 142 g/mol. The maximum absolute atomic E-state index is 11.0. The van der Waals surface area contributed by atoms with Gasteiger partial charge in [0.25, 0.3) is 0 Å². The number of aliphatic hydroxyl groups is 1. The minimum absolute atomic E-state index is 0.0845. The lowest BCUT2D eigenvalue weighted by atomic mass is 10.0. The smallest absolute Gasteiger partial charge is 0.219 e. The standard InChI is InChI=1S/C8H15NO2/c1-7(11)9-5-3-2-4-8(9)6-10/h8,10H,2-6H2,1H3/t8-/m0/s1. The lowest BCUT2D eigenvalue weighted by Gasteiger charge is -2.33. The van der Waals surface area contributed by atoms with Gasteiger partial charge in [0.2, 0.25) is 5.91 Å². The topological polar surface area (TPSA) is 40.5 Å². The van der Waals surface area contributed by atoms with Gasteiger partial charge in [0.05, 0.1) is 12.6 Å². The Kier molecular flexibility index (Phi) is 2.88. The van der Waals surface area contributed by atoms with Gasteiger partial charge < -0.3 is 10.0 Å². The first kappa shape index (κ1) is 8.53. The number of rotatable bonds is 1. The van der Waals surface area contributed by atoms with Gasteiger partial charge in [0.1, 0.15) is 0 Å². The molecule has 3 heteroatoms. The van der Waals surface area contributed by atoms with E-state index in [1.807, 2.05) is 0 Å². The van der Waals surface area contributed by atoms with Crippen LogP contribution in [0.15, 0.2) is 0 Å². The number of piperidine rings is 1. The highest BCUT2D eigenvalue weighted by Gasteiger charge is 2.22. The first-order valence-electron chi connectivity index (χ1n) is 4.13. The second-order valence-electron chi connectivity index (χ2n) is 3.04. The molecule has 64 valence electrons. The number of likely N-dealkylation sites (tertiary alicyclic amines) is 1. The monoisotopic (exact) mass is 157 g/mol. The second kappa shape index (κ2) is 3.72. The van der Waals surface area contributed by atoms with Crippen LogP contribution in [0, 0.1) is 0 Å². The van der Waals surface area contributed by atoms with Crippen molar-refractivity contribution in [1.29, 1.82) is 0 Å². The van der Waals surface area contributed by atoms with Crippen molar-refractivity contribution in [2.45, 2.75) is 32.2 Å². The SMILES string of the molecule is CC(=O)N1CCCC[C@H]1CO. The van der Waals surface area contributed by atoms with Crippen molar-refractivity contribution in [3.05, 3.63) is 0 Å². The minimum atomic E-state index is 0.0845. The van der Waals surface area contributed by atoms with Gasteiger partial charge in [-0.3, -0.25) is 4.79 Å². The van der Waals surface area contributed by atoms with Gasteiger partial charge in [-0.2, -0.15) is 0 Å². The predicted octanol–water partition coefficient (Wildman–Crippen LogP) is 0.380. The molecule has 1 rings (SSSR count). The van der Waals surface area contributed by atoms with Crippen molar-refractivity contribution < 1.29 is 9.90 Å². The summed E-state index contributed by atoms with van der Waals surface area (Å²) in [6.45, 7) is 2.49. The van der Waals surface area contributed by atoms with E-state index < -0.39 is 0 Å². The van der Waals surface area contributed by atoms with Crippen molar-refractivity contribution in [3.63, 3.8) is 0 Å². The molecule has 11 heavy (non-hydrogen) atoms. The van der Waals surface area contributed by atoms with Crippen LogP contribution in [0.5, 0.6) is 0 Å². The van der Waals surface area contributed by atoms with Gasteiger partial charge in [-0.25, -0.2) is 0 Å². The zero-order chi connectivity index (χ0) is 8.27. The van der Waals surface area contributed by atoms with E-state index in [2.05, 4.69) is 0 Å². The average molecular weight is 157 g/mol. The molecule has 1 saturated heterocycles. The molecule has 1 N–H and O–H groups in total. The Balaban J connectivity index is 2.51. The van der Waals surface area contributed by atoms with Crippen LogP contribution in [0.1, 0.15) is 26.2 Å². The van der Waals surface area contributed by atoms with E-state index >= 15 is 0 Å². The third-order valence-corrected chi connectivity index (χ3v) is 2.24. The zero-order valence-corrected chi connectivity index (χ0v) is 6.92. The molecule has 1 amide bonds. The summed E-state index contributed by atoms with van der Waals surface area (Å²) in [6, 6.07) is 0.0845. The van der Waals surface area contributed by atoms with Gasteiger partial charge in [0, 0.05) is 13.5 Å². The Labute approximate surface area is 67.0 Å². The van der Waals surface area contributed by atoms with Crippen LogP contribution < -0.4 is 0 Å². The molecule has 0 unspecified atom stereocenters. The molecule has 1 aliphatic heterocycles. The molecule has 0 bridgehead atoms. The molecule has 0 aliphatic carbocycles. The van der Waals surface area contributed by atoms with Crippen LogP contribution in [-0.2, 0) is 4.79 Å². The number of carbonyl (C=O) groups is 1. The molecule has 3 nitrogen and oxygen atoms in total. The average Bonchev–Trinajstić information content (AvgIpc) is 2.04. The fraction of sp³-hybridized carbons (Fsp3) is 0.875. The second-order valence-corrected chi connectivity index (χ2v) is 3.04. The van der Waals surface area contributed by atoms with E-state index in [4.69, 9.17) is 5.11 Å². The highest BCUT2D eigenvalue weighted by atomic mass is 16.3. The maximum atomic E-state index is 11.0. The van der Waals surface area contributed by atoms with Crippen LogP contribution in [0.4, 0.5) is 0 Å².